The van der Waals surface area contributed by atoms with Crippen LogP contribution in [0.4, 0.5) is 5.69 Å². The van der Waals surface area contributed by atoms with Crippen LogP contribution in [-0.4, -0.2) is 33.1 Å². The standard InChI is InChI=1S/C22H27N3O3S/c1-13-14(2)25(17-7-5-4-6-8-17)22(23-13)29-15(3)21(27)16-9-10-19-18(11-16)24-20(26)12-28-19/h9-11,15,17H,4-8,12H2,1-3H3,(H,24,26)/t15-/m0/s1. The number of rotatable bonds is 5. The van der Waals surface area contributed by atoms with E-state index in [1.54, 1.807) is 18.2 Å². The first-order valence-electron chi connectivity index (χ1n) is 10.3. The number of Topliss-reactive ketones (excluding diaryl/α,β-unsaturated/α-hetero) is 1. The van der Waals surface area contributed by atoms with Gasteiger partial charge in [0.2, 0.25) is 0 Å². The normalized spacial score (nSPS) is 18.0. The predicted octanol–water partition coefficient (Wildman–Crippen LogP) is 4.70. The van der Waals surface area contributed by atoms with E-state index < -0.39 is 0 Å². The molecule has 4 rings (SSSR count). The second-order valence-corrected chi connectivity index (χ2v) is 9.21. The number of aryl methyl sites for hydroxylation is 1. The molecule has 1 aliphatic heterocycles. The summed E-state index contributed by atoms with van der Waals surface area (Å²) in [6, 6.07) is 5.69. The van der Waals surface area contributed by atoms with Gasteiger partial charge in [0.25, 0.3) is 5.91 Å². The van der Waals surface area contributed by atoms with Gasteiger partial charge in [-0.2, -0.15) is 0 Å². The molecule has 1 N–H and O–H groups in total. The Labute approximate surface area is 175 Å². The number of ether oxygens (including phenoxy) is 1. The number of ketones is 1. The van der Waals surface area contributed by atoms with Crippen LogP contribution in [0, 0.1) is 13.8 Å². The molecule has 0 unspecified atom stereocenters. The molecular weight excluding hydrogens is 386 g/mol. The molecule has 1 aromatic heterocycles. The predicted molar refractivity (Wildman–Crippen MR) is 114 cm³/mol. The van der Waals surface area contributed by atoms with Gasteiger partial charge in [-0.15, -0.1) is 0 Å². The maximum Gasteiger partial charge on any atom is 0.262 e. The Balaban J connectivity index is 1.54. The monoisotopic (exact) mass is 413 g/mol. The molecule has 1 aliphatic carbocycles. The molecule has 1 saturated carbocycles. The Morgan fingerprint density at radius 3 is 2.79 bits per heavy atom. The van der Waals surface area contributed by atoms with Crippen LogP contribution in [-0.2, 0) is 4.79 Å². The van der Waals surface area contributed by atoms with Crippen LogP contribution in [0.15, 0.2) is 23.4 Å². The number of fused-ring (bicyclic) bond motifs is 1. The lowest BCUT2D eigenvalue weighted by Gasteiger charge is -2.26. The molecule has 0 saturated heterocycles. The van der Waals surface area contributed by atoms with E-state index in [4.69, 9.17) is 9.72 Å². The maximum absolute atomic E-state index is 13.1. The number of nitrogens with one attached hydrogen (secondary N) is 1. The number of carbonyl (C=O) groups excluding carboxylic acids is 2. The summed E-state index contributed by atoms with van der Waals surface area (Å²) in [5.41, 5.74) is 3.36. The number of anilines is 1. The molecule has 2 heterocycles. The summed E-state index contributed by atoms with van der Waals surface area (Å²) in [5.74, 6) is 0.414. The topological polar surface area (TPSA) is 73.2 Å². The first-order valence-corrected chi connectivity index (χ1v) is 11.1. The van der Waals surface area contributed by atoms with Crippen LogP contribution < -0.4 is 10.1 Å². The lowest BCUT2D eigenvalue weighted by Crippen LogP contribution is -2.26. The first-order chi connectivity index (χ1) is 13.9. The van der Waals surface area contributed by atoms with Crippen LogP contribution in [0.3, 0.4) is 0 Å². The fraction of sp³-hybridized carbons (Fsp3) is 0.500. The van der Waals surface area contributed by atoms with Crippen LogP contribution in [0.2, 0.25) is 0 Å². The fourth-order valence-electron chi connectivity index (χ4n) is 4.13. The Morgan fingerprint density at radius 2 is 2.03 bits per heavy atom. The van der Waals surface area contributed by atoms with Crippen LogP contribution in [0.1, 0.15) is 66.8 Å². The van der Waals surface area contributed by atoms with E-state index in [0.29, 0.717) is 23.0 Å². The summed E-state index contributed by atoms with van der Waals surface area (Å²) < 4.78 is 7.73. The van der Waals surface area contributed by atoms with Crippen molar-refractivity contribution < 1.29 is 14.3 Å². The van der Waals surface area contributed by atoms with Gasteiger partial charge in [-0.05, 0) is 51.8 Å². The number of benzene rings is 1. The van der Waals surface area contributed by atoms with Gasteiger partial charge in [0.05, 0.1) is 16.6 Å². The quantitative estimate of drug-likeness (QED) is 0.568. The Bertz CT molecular complexity index is 947. The number of nitrogens with zero attached hydrogens (tertiary/aromatic N) is 2. The van der Waals surface area contributed by atoms with E-state index >= 15 is 0 Å². The van der Waals surface area contributed by atoms with Gasteiger partial charge in [0.15, 0.2) is 17.5 Å². The van der Waals surface area contributed by atoms with Gasteiger partial charge in [-0.25, -0.2) is 4.98 Å². The highest BCUT2D eigenvalue weighted by Crippen LogP contribution is 2.36. The Hall–Kier alpha value is -2.28. The molecular formula is C22H27N3O3S. The number of imidazole rings is 1. The third-order valence-electron chi connectivity index (χ3n) is 5.84. The summed E-state index contributed by atoms with van der Waals surface area (Å²) in [7, 11) is 0. The first kappa shape index (κ1) is 20.0. The highest BCUT2D eigenvalue weighted by molar-refractivity contribution is 8.00. The summed E-state index contributed by atoms with van der Waals surface area (Å²) in [6.45, 7) is 6.10. The summed E-state index contributed by atoms with van der Waals surface area (Å²) in [6.07, 6.45) is 6.17. The van der Waals surface area contributed by atoms with Gasteiger partial charge < -0.3 is 14.6 Å². The molecule has 7 heteroatoms. The van der Waals surface area contributed by atoms with Crippen molar-refractivity contribution in [2.45, 2.75) is 69.3 Å². The van der Waals surface area contributed by atoms with Crippen molar-refractivity contribution in [1.82, 2.24) is 9.55 Å². The molecule has 6 nitrogen and oxygen atoms in total. The lowest BCUT2D eigenvalue weighted by atomic mass is 9.95. The second kappa shape index (κ2) is 8.22. The van der Waals surface area contributed by atoms with E-state index in [9.17, 15) is 9.59 Å². The minimum Gasteiger partial charge on any atom is -0.482 e. The minimum absolute atomic E-state index is 0.00900. The van der Waals surface area contributed by atoms with Gasteiger partial charge in [0, 0.05) is 17.3 Å². The van der Waals surface area contributed by atoms with Crippen molar-refractivity contribution in [3.05, 3.63) is 35.2 Å². The molecule has 1 amide bonds. The largest absolute Gasteiger partial charge is 0.482 e. The van der Waals surface area contributed by atoms with Crippen molar-refractivity contribution in [2.75, 3.05) is 11.9 Å². The van der Waals surface area contributed by atoms with Crippen LogP contribution in [0.5, 0.6) is 5.75 Å². The third kappa shape index (κ3) is 4.06. The fourth-order valence-corrected chi connectivity index (χ4v) is 5.28. The molecule has 0 bridgehead atoms. The van der Waals surface area contributed by atoms with Crippen molar-refractivity contribution in [3.63, 3.8) is 0 Å². The molecule has 1 atom stereocenters. The van der Waals surface area contributed by atoms with E-state index in [0.717, 1.165) is 10.9 Å². The van der Waals surface area contributed by atoms with Crippen molar-refractivity contribution in [3.8, 4) is 5.75 Å². The molecule has 29 heavy (non-hydrogen) atoms. The number of thioether (sulfide) groups is 1. The lowest BCUT2D eigenvalue weighted by molar-refractivity contribution is -0.118. The molecule has 2 aliphatic rings. The molecule has 0 spiro atoms. The van der Waals surface area contributed by atoms with E-state index in [1.807, 2.05) is 13.8 Å². The summed E-state index contributed by atoms with van der Waals surface area (Å²) in [4.78, 5) is 29.4. The Morgan fingerprint density at radius 1 is 1.28 bits per heavy atom. The average Bonchev–Trinajstić information content (AvgIpc) is 3.00. The Kier molecular flexibility index (Phi) is 5.67. The van der Waals surface area contributed by atoms with E-state index in [2.05, 4.69) is 16.8 Å². The zero-order chi connectivity index (χ0) is 20.5. The number of hydrogen-bond donors (Lipinski definition) is 1. The number of hydrogen-bond acceptors (Lipinski definition) is 5. The van der Waals surface area contributed by atoms with Gasteiger partial charge in [-0.3, -0.25) is 9.59 Å². The zero-order valence-corrected chi connectivity index (χ0v) is 18.0. The molecule has 2 aromatic rings. The molecule has 1 aromatic carbocycles. The van der Waals surface area contributed by atoms with Crippen LogP contribution in [0.25, 0.3) is 0 Å². The smallest absolute Gasteiger partial charge is 0.262 e. The molecule has 154 valence electrons. The third-order valence-corrected chi connectivity index (χ3v) is 6.91. The SMILES string of the molecule is Cc1nc(S[C@@H](C)C(=O)c2ccc3c(c2)NC(=O)CO3)n(C2CCCCC2)c1C. The summed E-state index contributed by atoms with van der Waals surface area (Å²) >= 11 is 1.52. The molecule has 1 fully saturated rings. The number of amides is 1. The van der Waals surface area contributed by atoms with Gasteiger partial charge >= 0.3 is 0 Å². The van der Waals surface area contributed by atoms with Crippen molar-refractivity contribution >= 4 is 29.1 Å². The maximum atomic E-state index is 13.1. The number of aromatic nitrogens is 2. The van der Waals surface area contributed by atoms with Crippen molar-refractivity contribution in [2.24, 2.45) is 0 Å². The number of carbonyl (C=O) groups is 2. The van der Waals surface area contributed by atoms with Gasteiger partial charge in [0.1, 0.15) is 5.75 Å². The zero-order valence-electron chi connectivity index (χ0n) is 17.2. The minimum atomic E-state index is -0.281. The van der Waals surface area contributed by atoms with E-state index in [-0.39, 0.29) is 23.5 Å². The van der Waals surface area contributed by atoms with Gasteiger partial charge in [-0.1, -0.05) is 31.0 Å². The van der Waals surface area contributed by atoms with E-state index in [1.165, 1.54) is 49.6 Å². The van der Waals surface area contributed by atoms with Crippen molar-refractivity contribution in [1.29, 1.82) is 0 Å². The van der Waals surface area contributed by atoms with Crippen LogP contribution >= 0.6 is 11.8 Å². The average molecular weight is 414 g/mol. The highest BCUT2D eigenvalue weighted by Gasteiger charge is 2.26. The molecule has 0 radical (unpaired) electrons. The second-order valence-electron chi connectivity index (χ2n) is 7.90. The summed E-state index contributed by atoms with van der Waals surface area (Å²) in [5, 5.41) is 3.42. The highest BCUT2D eigenvalue weighted by atomic mass is 32.2.